The Kier molecular flexibility index (Phi) is 7.47. The van der Waals surface area contributed by atoms with Crippen molar-refractivity contribution in [2.75, 3.05) is 4.90 Å². The fourth-order valence-electron chi connectivity index (χ4n) is 12.2. The van der Waals surface area contributed by atoms with Gasteiger partial charge in [-0.25, -0.2) is 0 Å². The largest absolute Gasteiger partial charge is 0.308 e. The standard InChI is InChI=1S/C62H39NS/c1-3-19-40(20-4-1)61(41-21-5-2-6-22-41)50-29-12-7-25-45(50)46-38-37-42(39-55(46)61)63(57-35-17-28-48-47-26-11-16-36-58(47)64-60(48)57)56-34-18-33-54-59(56)49-27-10-15-32-53(49)62(54)51-30-13-8-23-43(51)44-24-9-14-31-52(44)62/h1-39H. The lowest BCUT2D eigenvalue weighted by molar-refractivity contribution is 0.768. The Bertz CT molecular complexity index is 3610. The summed E-state index contributed by atoms with van der Waals surface area (Å²) in [5, 5.41) is 2.57. The molecule has 2 heteroatoms. The SMILES string of the molecule is c1ccc(C2(c3ccccc3)c3ccccc3-c3ccc(N(c4cccc5c4-c4ccccc4C54c5ccccc5-c5ccccc54)c4cccc5c4sc4ccccc45)cc32)cc1. The molecule has 1 nitrogen and oxygen atoms in total. The van der Waals surface area contributed by atoms with Gasteiger partial charge in [-0.05, 0) is 103 Å². The van der Waals surface area contributed by atoms with Crippen molar-refractivity contribution in [1.29, 1.82) is 0 Å². The van der Waals surface area contributed by atoms with Gasteiger partial charge in [0.15, 0.2) is 0 Å². The third-order valence-corrected chi connectivity index (χ3v) is 15.8. The number of hydrogen-bond donors (Lipinski definition) is 0. The van der Waals surface area contributed by atoms with Crippen molar-refractivity contribution in [2.24, 2.45) is 0 Å². The maximum atomic E-state index is 2.60. The van der Waals surface area contributed by atoms with E-state index in [1.54, 1.807) is 0 Å². The molecule has 0 amide bonds. The molecule has 0 fully saturated rings. The van der Waals surface area contributed by atoms with E-state index in [2.05, 4.69) is 241 Å². The van der Waals surface area contributed by atoms with E-state index in [1.165, 1.54) is 109 Å². The smallest absolute Gasteiger partial charge is 0.0726 e. The van der Waals surface area contributed by atoms with Crippen LogP contribution in [0.2, 0.25) is 0 Å². The molecule has 0 bridgehead atoms. The molecular formula is C62H39NS. The first-order valence-corrected chi connectivity index (χ1v) is 23.1. The summed E-state index contributed by atoms with van der Waals surface area (Å²) in [5.74, 6) is 0. The highest BCUT2D eigenvalue weighted by Gasteiger charge is 2.53. The zero-order valence-electron chi connectivity index (χ0n) is 34.9. The van der Waals surface area contributed by atoms with Gasteiger partial charge in [-0.1, -0.05) is 206 Å². The van der Waals surface area contributed by atoms with Crippen LogP contribution in [0.5, 0.6) is 0 Å². The van der Waals surface area contributed by atoms with Crippen molar-refractivity contribution in [3.63, 3.8) is 0 Å². The van der Waals surface area contributed by atoms with E-state index in [1.807, 2.05) is 11.3 Å². The first kappa shape index (κ1) is 35.8. The fourth-order valence-corrected chi connectivity index (χ4v) is 13.4. The van der Waals surface area contributed by atoms with Crippen molar-refractivity contribution in [2.45, 2.75) is 10.8 Å². The molecule has 0 unspecified atom stereocenters. The summed E-state index contributed by atoms with van der Waals surface area (Å²) in [6.45, 7) is 0. The monoisotopic (exact) mass is 829 g/mol. The van der Waals surface area contributed by atoms with E-state index in [0.717, 1.165) is 5.69 Å². The quantitative estimate of drug-likeness (QED) is 0.167. The molecule has 64 heavy (non-hydrogen) atoms. The molecule has 14 rings (SSSR count). The van der Waals surface area contributed by atoms with E-state index in [4.69, 9.17) is 0 Å². The third kappa shape index (κ3) is 4.53. The van der Waals surface area contributed by atoms with Crippen LogP contribution in [0.15, 0.2) is 237 Å². The Labute approximate surface area is 376 Å². The van der Waals surface area contributed by atoms with Gasteiger partial charge in [-0.15, -0.1) is 11.3 Å². The zero-order chi connectivity index (χ0) is 42.0. The second-order valence-electron chi connectivity index (χ2n) is 17.4. The highest BCUT2D eigenvalue weighted by Crippen LogP contribution is 2.65. The lowest BCUT2D eigenvalue weighted by Crippen LogP contribution is -2.28. The topological polar surface area (TPSA) is 3.24 Å². The predicted molar refractivity (Wildman–Crippen MR) is 268 cm³/mol. The van der Waals surface area contributed by atoms with Gasteiger partial charge in [0.25, 0.3) is 0 Å². The minimum Gasteiger partial charge on any atom is -0.308 e. The van der Waals surface area contributed by atoms with Crippen molar-refractivity contribution < 1.29 is 0 Å². The summed E-state index contributed by atoms with van der Waals surface area (Å²) in [6, 6.07) is 89.0. The maximum absolute atomic E-state index is 2.60. The van der Waals surface area contributed by atoms with E-state index >= 15 is 0 Å². The van der Waals surface area contributed by atoms with Gasteiger partial charge < -0.3 is 4.90 Å². The van der Waals surface area contributed by atoms with Crippen molar-refractivity contribution in [1.82, 2.24) is 0 Å². The van der Waals surface area contributed by atoms with Crippen LogP contribution < -0.4 is 4.90 Å². The molecule has 1 spiro atoms. The van der Waals surface area contributed by atoms with Gasteiger partial charge in [-0.3, -0.25) is 0 Å². The van der Waals surface area contributed by atoms with Crippen molar-refractivity contribution in [3.05, 3.63) is 281 Å². The normalized spacial score (nSPS) is 14.2. The van der Waals surface area contributed by atoms with Crippen LogP contribution in [-0.4, -0.2) is 0 Å². The maximum Gasteiger partial charge on any atom is 0.0726 e. The van der Waals surface area contributed by atoms with Crippen LogP contribution in [0.25, 0.3) is 53.6 Å². The van der Waals surface area contributed by atoms with E-state index < -0.39 is 10.8 Å². The van der Waals surface area contributed by atoms with Crippen molar-refractivity contribution in [3.8, 4) is 33.4 Å². The lowest BCUT2D eigenvalue weighted by Gasteiger charge is -2.35. The summed E-state index contributed by atoms with van der Waals surface area (Å²) in [7, 11) is 0. The molecule has 3 aliphatic rings. The van der Waals surface area contributed by atoms with Gasteiger partial charge in [0.2, 0.25) is 0 Å². The highest BCUT2D eigenvalue weighted by molar-refractivity contribution is 7.26. The third-order valence-electron chi connectivity index (χ3n) is 14.6. The van der Waals surface area contributed by atoms with Crippen LogP contribution in [0.4, 0.5) is 17.1 Å². The number of anilines is 3. The Morgan fingerprint density at radius 2 is 0.781 bits per heavy atom. The molecule has 1 aromatic heterocycles. The number of thiophene rings is 1. The van der Waals surface area contributed by atoms with Gasteiger partial charge >= 0.3 is 0 Å². The van der Waals surface area contributed by atoms with Gasteiger partial charge in [0.1, 0.15) is 0 Å². The molecule has 0 radical (unpaired) electrons. The highest BCUT2D eigenvalue weighted by atomic mass is 32.1. The molecule has 3 aliphatic carbocycles. The second-order valence-corrected chi connectivity index (χ2v) is 18.5. The van der Waals surface area contributed by atoms with E-state index in [9.17, 15) is 0 Å². The average Bonchev–Trinajstić information content (AvgIpc) is 4.08. The van der Waals surface area contributed by atoms with Crippen LogP contribution in [-0.2, 0) is 10.8 Å². The van der Waals surface area contributed by atoms with Crippen LogP contribution in [0.1, 0.15) is 44.5 Å². The molecule has 0 N–H and O–H groups in total. The first-order valence-electron chi connectivity index (χ1n) is 22.3. The van der Waals surface area contributed by atoms with E-state index in [-0.39, 0.29) is 0 Å². The lowest BCUT2D eigenvalue weighted by atomic mass is 9.67. The van der Waals surface area contributed by atoms with Gasteiger partial charge in [0, 0.05) is 26.7 Å². The number of hydrogen-bond acceptors (Lipinski definition) is 2. The molecule has 0 saturated carbocycles. The molecule has 0 saturated heterocycles. The first-order chi connectivity index (χ1) is 31.8. The molecule has 298 valence electrons. The summed E-state index contributed by atoms with van der Waals surface area (Å²) >= 11 is 1.89. The Morgan fingerprint density at radius 3 is 1.44 bits per heavy atom. The van der Waals surface area contributed by atoms with Gasteiger partial charge in [0.05, 0.1) is 26.9 Å². The molecule has 1 heterocycles. The minimum absolute atomic E-state index is 0.459. The van der Waals surface area contributed by atoms with Gasteiger partial charge in [-0.2, -0.15) is 0 Å². The number of nitrogens with zero attached hydrogens (tertiary/aromatic N) is 1. The predicted octanol–water partition coefficient (Wildman–Crippen LogP) is 16.2. The summed E-state index contributed by atoms with van der Waals surface area (Å²) in [4.78, 5) is 2.60. The fraction of sp³-hybridized carbons (Fsp3) is 0.0323. The Hall–Kier alpha value is -7.78. The molecule has 11 aromatic rings. The van der Waals surface area contributed by atoms with Crippen LogP contribution in [0.3, 0.4) is 0 Å². The second kappa shape index (κ2) is 13.4. The summed E-state index contributed by atoms with van der Waals surface area (Å²) < 4.78 is 2.57. The number of benzene rings is 10. The molecule has 10 aromatic carbocycles. The van der Waals surface area contributed by atoms with Crippen molar-refractivity contribution >= 4 is 48.6 Å². The Balaban J connectivity index is 1.11. The summed E-state index contributed by atoms with van der Waals surface area (Å²) in [6.07, 6.45) is 0. The van der Waals surface area contributed by atoms with Crippen LogP contribution >= 0.6 is 11.3 Å². The molecule has 0 atom stereocenters. The minimum atomic E-state index is -0.535. The number of fused-ring (bicyclic) bond motifs is 16. The molecule has 0 aliphatic heterocycles. The Morgan fingerprint density at radius 1 is 0.312 bits per heavy atom. The number of rotatable bonds is 5. The average molecular weight is 830 g/mol. The van der Waals surface area contributed by atoms with Crippen LogP contribution in [0, 0.1) is 0 Å². The molecular weight excluding hydrogens is 791 g/mol. The zero-order valence-corrected chi connectivity index (χ0v) is 35.7. The van der Waals surface area contributed by atoms with E-state index in [0.29, 0.717) is 0 Å². The summed E-state index contributed by atoms with van der Waals surface area (Å²) in [5.41, 5.74) is 20.7.